The van der Waals surface area contributed by atoms with Crippen molar-refractivity contribution in [1.29, 1.82) is 0 Å². The molecule has 0 amide bonds. The summed E-state index contributed by atoms with van der Waals surface area (Å²) in [5.74, 6) is -0.152. The van der Waals surface area contributed by atoms with Crippen LogP contribution in [0.15, 0.2) is 35.5 Å². The Balaban J connectivity index is 1.38. The molecule has 10 heteroatoms. The van der Waals surface area contributed by atoms with Crippen LogP contribution >= 0.6 is 0 Å². The first-order chi connectivity index (χ1) is 15.2. The van der Waals surface area contributed by atoms with E-state index in [9.17, 15) is 13.6 Å². The summed E-state index contributed by atoms with van der Waals surface area (Å²) >= 11 is 0. The van der Waals surface area contributed by atoms with Gasteiger partial charge < -0.3 is 5.32 Å². The van der Waals surface area contributed by atoms with Crippen LogP contribution in [0.1, 0.15) is 24.8 Å². The third-order valence-corrected chi connectivity index (χ3v) is 6.79. The van der Waals surface area contributed by atoms with Crippen molar-refractivity contribution in [3.05, 3.63) is 52.6 Å². The standard InChI is InChI=1S/C22H21F2N7O/c1-12-4-14(13-6-26-29(2)8-13)15(23)5-16(12)27-19-25-7-17-18(28-19)31(20(32)30(17)3)22-9-21(24,10-22)11-22/h4-8H,9-11H2,1-3H3,(H,25,27,28). The topological polar surface area (TPSA) is 82.6 Å². The largest absolute Gasteiger partial charge is 0.330 e. The third-order valence-electron chi connectivity index (χ3n) is 6.79. The number of fused-ring (bicyclic) bond motifs is 1. The number of anilines is 2. The molecule has 1 aromatic carbocycles. The highest BCUT2D eigenvalue weighted by atomic mass is 19.1. The van der Waals surface area contributed by atoms with Gasteiger partial charge in [0.1, 0.15) is 17.0 Å². The first-order valence-corrected chi connectivity index (χ1v) is 10.4. The summed E-state index contributed by atoms with van der Waals surface area (Å²) in [5.41, 5.74) is 1.65. The maximum Gasteiger partial charge on any atom is 0.330 e. The zero-order chi connectivity index (χ0) is 22.4. The molecule has 0 unspecified atom stereocenters. The van der Waals surface area contributed by atoms with Crippen LogP contribution in [0.2, 0.25) is 0 Å². The molecule has 3 heterocycles. The van der Waals surface area contributed by atoms with E-state index in [1.807, 2.05) is 6.92 Å². The molecule has 7 rings (SSSR count). The fourth-order valence-corrected chi connectivity index (χ4v) is 5.17. The van der Waals surface area contributed by atoms with Gasteiger partial charge in [-0.15, -0.1) is 0 Å². The zero-order valence-electron chi connectivity index (χ0n) is 17.9. The second kappa shape index (κ2) is 6.02. The van der Waals surface area contributed by atoms with Crippen molar-refractivity contribution < 1.29 is 8.78 Å². The van der Waals surface area contributed by atoms with Crippen molar-refractivity contribution in [3.8, 4) is 11.1 Å². The molecule has 0 atom stereocenters. The predicted octanol–water partition coefficient (Wildman–Crippen LogP) is 3.32. The number of imidazole rings is 1. The Labute approximate surface area is 181 Å². The zero-order valence-corrected chi connectivity index (χ0v) is 17.9. The van der Waals surface area contributed by atoms with Crippen molar-refractivity contribution in [1.82, 2.24) is 28.9 Å². The number of aryl methyl sites for hydroxylation is 3. The van der Waals surface area contributed by atoms with Gasteiger partial charge in [-0.1, -0.05) is 0 Å². The molecule has 0 radical (unpaired) electrons. The maximum absolute atomic E-state index is 14.9. The van der Waals surface area contributed by atoms with Gasteiger partial charge in [0, 0.05) is 56.4 Å². The van der Waals surface area contributed by atoms with E-state index in [1.54, 1.807) is 48.0 Å². The summed E-state index contributed by atoms with van der Waals surface area (Å²) < 4.78 is 33.7. The first-order valence-electron chi connectivity index (χ1n) is 10.4. The van der Waals surface area contributed by atoms with Gasteiger partial charge in [-0.2, -0.15) is 10.1 Å². The molecule has 3 saturated carbocycles. The van der Waals surface area contributed by atoms with Crippen LogP contribution < -0.4 is 11.0 Å². The molecular formula is C22H21F2N7O. The molecule has 3 aliphatic rings. The Morgan fingerprint density at radius 3 is 2.56 bits per heavy atom. The van der Waals surface area contributed by atoms with Crippen LogP contribution in [-0.2, 0) is 19.6 Å². The number of nitrogens with zero attached hydrogens (tertiary/aromatic N) is 6. The Bertz CT molecular complexity index is 1460. The Hall–Kier alpha value is -3.56. The quantitative estimate of drug-likeness (QED) is 0.530. The van der Waals surface area contributed by atoms with Gasteiger partial charge in [-0.05, 0) is 24.6 Å². The number of hydrogen-bond donors (Lipinski definition) is 1. The van der Waals surface area contributed by atoms with E-state index in [-0.39, 0.29) is 11.6 Å². The van der Waals surface area contributed by atoms with Gasteiger partial charge in [0.2, 0.25) is 5.95 Å². The minimum atomic E-state index is -1.14. The Morgan fingerprint density at radius 1 is 1.16 bits per heavy atom. The van der Waals surface area contributed by atoms with Crippen molar-refractivity contribution >= 4 is 22.8 Å². The van der Waals surface area contributed by atoms with Crippen LogP contribution in [0, 0.1) is 12.7 Å². The smallest absolute Gasteiger partial charge is 0.324 e. The summed E-state index contributed by atoms with van der Waals surface area (Å²) in [4.78, 5) is 21.7. The fraction of sp³-hybridized carbons (Fsp3) is 0.364. The van der Waals surface area contributed by atoms with Gasteiger partial charge in [-0.25, -0.2) is 18.6 Å². The van der Waals surface area contributed by atoms with Gasteiger partial charge in [0.15, 0.2) is 5.65 Å². The highest BCUT2D eigenvalue weighted by Crippen LogP contribution is 2.67. The number of nitrogens with one attached hydrogen (secondary N) is 1. The highest BCUT2D eigenvalue weighted by Gasteiger charge is 2.71. The highest BCUT2D eigenvalue weighted by molar-refractivity contribution is 5.75. The SMILES string of the molecule is Cc1cc(-c2cnn(C)c2)c(F)cc1Nc1ncc2c(n1)n(C13CC(F)(C1)C3)c(=O)n2C. The van der Waals surface area contributed by atoms with Crippen molar-refractivity contribution in [2.45, 2.75) is 37.4 Å². The monoisotopic (exact) mass is 437 g/mol. The van der Waals surface area contributed by atoms with E-state index in [4.69, 9.17) is 0 Å². The number of aromatic nitrogens is 6. The van der Waals surface area contributed by atoms with E-state index >= 15 is 0 Å². The van der Waals surface area contributed by atoms with Crippen LogP contribution in [0.25, 0.3) is 22.3 Å². The summed E-state index contributed by atoms with van der Waals surface area (Å²) in [7, 11) is 3.44. The third kappa shape index (κ3) is 2.52. The van der Waals surface area contributed by atoms with E-state index < -0.39 is 17.0 Å². The molecular weight excluding hydrogens is 416 g/mol. The molecule has 32 heavy (non-hydrogen) atoms. The van der Waals surface area contributed by atoms with Crippen molar-refractivity contribution in [2.24, 2.45) is 14.1 Å². The molecule has 0 saturated heterocycles. The van der Waals surface area contributed by atoms with Gasteiger partial charge in [-0.3, -0.25) is 13.8 Å². The number of rotatable bonds is 4. The normalized spacial score (nSPS) is 23.8. The van der Waals surface area contributed by atoms with Crippen LogP contribution in [0.4, 0.5) is 20.4 Å². The number of hydrogen-bond acceptors (Lipinski definition) is 5. The molecule has 4 aromatic rings. The van der Waals surface area contributed by atoms with E-state index in [0.29, 0.717) is 47.2 Å². The summed E-state index contributed by atoms with van der Waals surface area (Å²) in [6, 6.07) is 3.14. The van der Waals surface area contributed by atoms with Crippen LogP contribution in [0.3, 0.4) is 0 Å². The fourth-order valence-electron chi connectivity index (χ4n) is 5.17. The van der Waals surface area contributed by atoms with E-state index in [0.717, 1.165) is 5.56 Å². The van der Waals surface area contributed by atoms with Crippen LogP contribution in [-0.4, -0.2) is 34.6 Å². The first kappa shape index (κ1) is 19.1. The maximum atomic E-state index is 14.9. The average molecular weight is 437 g/mol. The lowest BCUT2D eigenvalue weighted by molar-refractivity contribution is -0.197. The molecule has 3 aromatic heterocycles. The minimum Gasteiger partial charge on any atom is -0.324 e. The molecule has 0 aliphatic heterocycles. The van der Waals surface area contributed by atoms with Gasteiger partial charge in [0.05, 0.1) is 17.9 Å². The van der Waals surface area contributed by atoms with Crippen molar-refractivity contribution in [2.75, 3.05) is 5.32 Å². The number of halogens is 2. The second-order valence-corrected chi connectivity index (χ2v) is 9.16. The van der Waals surface area contributed by atoms with Gasteiger partial charge >= 0.3 is 5.69 Å². The molecule has 2 bridgehead atoms. The van der Waals surface area contributed by atoms with Crippen LogP contribution in [0.5, 0.6) is 0 Å². The van der Waals surface area contributed by atoms with Gasteiger partial charge in [0.25, 0.3) is 0 Å². The summed E-state index contributed by atoms with van der Waals surface area (Å²) in [6.07, 6.45) is 5.95. The number of alkyl halides is 1. The average Bonchev–Trinajstić information content (AvgIpc) is 3.23. The molecule has 0 spiro atoms. The predicted molar refractivity (Wildman–Crippen MR) is 115 cm³/mol. The van der Waals surface area contributed by atoms with E-state index in [1.165, 1.54) is 10.6 Å². The molecule has 164 valence electrons. The molecule has 1 N–H and O–H groups in total. The lowest BCUT2D eigenvalue weighted by Gasteiger charge is -2.65. The van der Waals surface area contributed by atoms with Crippen molar-refractivity contribution in [3.63, 3.8) is 0 Å². The second-order valence-electron chi connectivity index (χ2n) is 9.16. The molecule has 3 fully saturated rings. The summed E-state index contributed by atoms with van der Waals surface area (Å²) in [6.45, 7) is 1.86. The van der Waals surface area contributed by atoms with E-state index in [2.05, 4.69) is 20.4 Å². The Kier molecular flexibility index (Phi) is 3.60. The minimum absolute atomic E-state index is 0.226. The summed E-state index contributed by atoms with van der Waals surface area (Å²) in [5, 5.41) is 7.17. The Morgan fingerprint density at radius 2 is 1.91 bits per heavy atom. The molecule has 8 nitrogen and oxygen atoms in total. The lowest BCUT2D eigenvalue weighted by atomic mass is 9.47. The molecule has 3 aliphatic carbocycles. The lowest BCUT2D eigenvalue weighted by Crippen LogP contribution is -2.71. The number of benzene rings is 1.